The highest BCUT2D eigenvalue weighted by molar-refractivity contribution is 14.1. The molecule has 0 radical (unpaired) electrons. The summed E-state index contributed by atoms with van der Waals surface area (Å²) in [6, 6.07) is 25.8. The molecule has 0 spiro atoms. The lowest BCUT2D eigenvalue weighted by molar-refractivity contribution is -0.138. The molecule has 1 aromatic heterocycles. The van der Waals surface area contributed by atoms with Crippen LogP contribution in [0.5, 0.6) is 5.75 Å². The summed E-state index contributed by atoms with van der Waals surface area (Å²) in [6.45, 7) is 2.18. The van der Waals surface area contributed by atoms with Crippen molar-refractivity contribution in [3.63, 3.8) is 0 Å². The monoisotopic (exact) mass is 890 g/mol. The Balaban J connectivity index is 1.54. The van der Waals surface area contributed by atoms with Crippen LogP contribution in [0.3, 0.4) is 0 Å². The maximum absolute atomic E-state index is 14.4. The fourth-order valence-electron chi connectivity index (χ4n) is 5.31. The van der Waals surface area contributed by atoms with E-state index in [0.29, 0.717) is 42.0 Å². The number of nitrogens with zero attached hydrogens (tertiary/aromatic N) is 2. The number of thiazole rings is 1. The zero-order chi connectivity index (χ0) is 33.9. The first-order valence-corrected chi connectivity index (χ1v) is 19.3. The standard InChI is InChI=1S/C36H26BrCl2IN2O4S2/c1-3-45-35(44)30-31(21-7-5-4-6-8-21)41-36-42(32(30)22-10-12-25(47-2)13-11-22)34(43)29(48-36)17-23-16-24(37)18-28(40)33(23)46-19-20-9-14-26(38)27(39)15-20/h4-18,32H,3,19H2,1-2H3/b29-17-/t32-/m1/s1. The number of ether oxygens (including phenoxy) is 2. The summed E-state index contributed by atoms with van der Waals surface area (Å²) in [4.78, 5) is 34.7. The van der Waals surface area contributed by atoms with Gasteiger partial charge in [0.2, 0.25) is 0 Å². The molecule has 0 N–H and O–H groups in total. The molecule has 6 nitrogen and oxygen atoms in total. The molecule has 0 aliphatic carbocycles. The molecule has 0 bridgehead atoms. The highest BCUT2D eigenvalue weighted by atomic mass is 127. The summed E-state index contributed by atoms with van der Waals surface area (Å²) in [5.74, 6) is 0.0879. The molecule has 0 saturated heterocycles. The fraction of sp³-hybridized carbons (Fsp3) is 0.139. The molecule has 1 atom stereocenters. The molecule has 6 rings (SSSR count). The Kier molecular flexibility index (Phi) is 11.2. The molecule has 5 aromatic rings. The van der Waals surface area contributed by atoms with Crippen LogP contribution in [0.2, 0.25) is 10.0 Å². The zero-order valence-corrected chi connectivity index (χ0v) is 32.4. The molecule has 12 heteroatoms. The van der Waals surface area contributed by atoms with Gasteiger partial charge in [-0.05, 0) is 89.4 Å². The molecule has 0 unspecified atom stereocenters. The Morgan fingerprint density at radius 3 is 2.50 bits per heavy atom. The van der Waals surface area contributed by atoms with Gasteiger partial charge in [-0.2, -0.15) is 0 Å². The number of benzene rings is 4. The van der Waals surface area contributed by atoms with Crippen molar-refractivity contribution in [2.24, 2.45) is 4.99 Å². The third-order valence-corrected chi connectivity index (χ3v) is 11.2. The van der Waals surface area contributed by atoms with Crippen molar-refractivity contribution in [1.29, 1.82) is 0 Å². The SMILES string of the molecule is CCOC(=O)C1=C(c2ccccc2)N=c2s/c(=C\c3cc(Br)cc(I)c3OCc3ccc(Cl)c(Cl)c3)c(=O)n2[C@@H]1c1ccc(SC)cc1. The molecule has 0 saturated carbocycles. The van der Waals surface area contributed by atoms with Gasteiger partial charge >= 0.3 is 5.97 Å². The van der Waals surface area contributed by atoms with E-state index in [1.54, 1.807) is 35.4 Å². The molecule has 1 aliphatic heterocycles. The van der Waals surface area contributed by atoms with Crippen molar-refractivity contribution >= 4 is 103 Å². The summed E-state index contributed by atoms with van der Waals surface area (Å²) in [5, 5.41) is 0.911. The van der Waals surface area contributed by atoms with Crippen LogP contribution >= 0.6 is 84.8 Å². The lowest BCUT2D eigenvalue weighted by Crippen LogP contribution is -2.40. The number of halogens is 4. The van der Waals surface area contributed by atoms with Gasteiger partial charge in [0.1, 0.15) is 12.4 Å². The van der Waals surface area contributed by atoms with Gasteiger partial charge in [0, 0.05) is 20.5 Å². The maximum Gasteiger partial charge on any atom is 0.338 e. The average molecular weight is 892 g/mol. The largest absolute Gasteiger partial charge is 0.487 e. The first kappa shape index (κ1) is 35.0. The second-order valence-electron chi connectivity index (χ2n) is 10.5. The molecule has 48 heavy (non-hydrogen) atoms. The Bertz CT molecular complexity index is 2240. The van der Waals surface area contributed by atoms with Gasteiger partial charge in [-0.15, -0.1) is 11.8 Å². The Hall–Kier alpha value is -2.87. The van der Waals surface area contributed by atoms with E-state index in [0.717, 1.165) is 29.6 Å². The van der Waals surface area contributed by atoms with Crippen LogP contribution in [0.15, 0.2) is 110 Å². The van der Waals surface area contributed by atoms with Gasteiger partial charge in [-0.3, -0.25) is 9.36 Å². The van der Waals surface area contributed by atoms with Gasteiger partial charge < -0.3 is 9.47 Å². The Morgan fingerprint density at radius 2 is 1.81 bits per heavy atom. The molecule has 1 aliphatic rings. The number of hydrogen-bond acceptors (Lipinski definition) is 7. The molecule has 2 heterocycles. The molecule has 0 amide bonds. The molecular weight excluding hydrogens is 866 g/mol. The van der Waals surface area contributed by atoms with E-state index in [2.05, 4.69) is 38.5 Å². The topological polar surface area (TPSA) is 69.9 Å². The van der Waals surface area contributed by atoms with Crippen LogP contribution in [0.25, 0.3) is 11.8 Å². The number of fused-ring (bicyclic) bond motifs is 1. The second-order valence-corrected chi connectivity index (χ2v) is 15.3. The van der Waals surface area contributed by atoms with E-state index in [1.807, 2.05) is 85.1 Å². The number of carbonyl (C=O) groups excluding carboxylic acids is 1. The van der Waals surface area contributed by atoms with Gasteiger partial charge in [-0.25, -0.2) is 9.79 Å². The lowest BCUT2D eigenvalue weighted by atomic mass is 9.93. The Labute approximate surface area is 317 Å². The number of rotatable bonds is 9. The minimum absolute atomic E-state index is 0.180. The molecule has 4 aromatic carbocycles. The predicted molar refractivity (Wildman–Crippen MR) is 207 cm³/mol. The quantitative estimate of drug-likeness (QED) is 0.0841. The normalized spacial score (nSPS) is 14.5. The van der Waals surface area contributed by atoms with Crippen LogP contribution in [0, 0.1) is 3.57 Å². The molecule has 244 valence electrons. The van der Waals surface area contributed by atoms with E-state index < -0.39 is 12.0 Å². The zero-order valence-electron chi connectivity index (χ0n) is 25.5. The van der Waals surface area contributed by atoms with Gasteiger partial charge in [-0.1, -0.05) is 99.0 Å². The third-order valence-electron chi connectivity index (χ3n) is 7.50. The van der Waals surface area contributed by atoms with Crippen LogP contribution in [0.1, 0.15) is 35.2 Å². The van der Waals surface area contributed by atoms with Crippen molar-refractivity contribution in [1.82, 2.24) is 4.57 Å². The van der Waals surface area contributed by atoms with Crippen LogP contribution in [-0.2, 0) is 16.1 Å². The minimum atomic E-state index is -0.762. The van der Waals surface area contributed by atoms with E-state index in [1.165, 1.54) is 11.3 Å². The summed E-state index contributed by atoms with van der Waals surface area (Å²) in [7, 11) is 0. The molecule has 0 fully saturated rings. The lowest BCUT2D eigenvalue weighted by Gasteiger charge is -2.26. The fourth-order valence-corrected chi connectivity index (χ4v) is 8.73. The summed E-state index contributed by atoms with van der Waals surface area (Å²) in [6.07, 6.45) is 3.81. The second kappa shape index (κ2) is 15.3. The van der Waals surface area contributed by atoms with Crippen molar-refractivity contribution in [2.75, 3.05) is 12.9 Å². The summed E-state index contributed by atoms with van der Waals surface area (Å²) < 4.78 is 15.6. The van der Waals surface area contributed by atoms with Crippen molar-refractivity contribution in [2.45, 2.75) is 24.5 Å². The van der Waals surface area contributed by atoms with E-state index in [9.17, 15) is 9.59 Å². The highest BCUT2D eigenvalue weighted by Crippen LogP contribution is 2.36. The number of esters is 1. The van der Waals surface area contributed by atoms with Crippen LogP contribution < -0.4 is 19.6 Å². The highest BCUT2D eigenvalue weighted by Gasteiger charge is 2.35. The van der Waals surface area contributed by atoms with Gasteiger partial charge in [0.15, 0.2) is 4.80 Å². The van der Waals surface area contributed by atoms with E-state index >= 15 is 0 Å². The van der Waals surface area contributed by atoms with E-state index in [4.69, 9.17) is 37.7 Å². The number of aromatic nitrogens is 1. The third kappa shape index (κ3) is 7.34. The Morgan fingerprint density at radius 1 is 1.06 bits per heavy atom. The summed E-state index contributed by atoms with van der Waals surface area (Å²) >= 11 is 21.0. The van der Waals surface area contributed by atoms with Crippen molar-refractivity contribution < 1.29 is 14.3 Å². The predicted octanol–water partition coefficient (Wildman–Crippen LogP) is 8.91. The molecular formula is C36H26BrCl2IN2O4S2. The van der Waals surface area contributed by atoms with Crippen LogP contribution in [0.4, 0.5) is 0 Å². The average Bonchev–Trinajstić information content (AvgIpc) is 3.39. The van der Waals surface area contributed by atoms with Gasteiger partial charge in [0.05, 0.1) is 42.1 Å². The van der Waals surface area contributed by atoms with Gasteiger partial charge in [0.25, 0.3) is 5.56 Å². The van der Waals surface area contributed by atoms with Crippen LogP contribution in [-0.4, -0.2) is 23.4 Å². The number of hydrogen-bond donors (Lipinski definition) is 0. The first-order chi connectivity index (χ1) is 23.2. The smallest absolute Gasteiger partial charge is 0.338 e. The van der Waals surface area contributed by atoms with Crippen molar-refractivity contribution in [3.05, 3.63) is 151 Å². The first-order valence-electron chi connectivity index (χ1n) is 14.7. The van der Waals surface area contributed by atoms with E-state index in [-0.39, 0.29) is 18.8 Å². The number of carbonyl (C=O) groups is 1. The number of thioether (sulfide) groups is 1. The minimum Gasteiger partial charge on any atom is -0.487 e. The van der Waals surface area contributed by atoms with Crippen molar-refractivity contribution in [3.8, 4) is 5.75 Å². The maximum atomic E-state index is 14.4. The summed E-state index contributed by atoms with van der Waals surface area (Å²) in [5.41, 5.74) is 3.58.